The summed E-state index contributed by atoms with van der Waals surface area (Å²) >= 11 is 0. The van der Waals surface area contributed by atoms with Crippen molar-refractivity contribution in [2.45, 2.75) is 19.8 Å². The second-order valence-corrected chi connectivity index (χ2v) is 5.36. The Hall–Kier alpha value is -2.56. The van der Waals surface area contributed by atoms with Gasteiger partial charge in [0.25, 0.3) is 5.91 Å². The highest BCUT2D eigenvalue weighted by atomic mass is 16.5. The second kappa shape index (κ2) is 8.17. The van der Waals surface area contributed by atoms with Crippen LogP contribution in [0.15, 0.2) is 42.6 Å². The van der Waals surface area contributed by atoms with E-state index in [4.69, 9.17) is 4.74 Å². The minimum Gasteiger partial charge on any atom is -0.497 e. The van der Waals surface area contributed by atoms with Gasteiger partial charge in [-0.3, -0.25) is 4.79 Å². The molecule has 2 rings (SSSR count). The van der Waals surface area contributed by atoms with Gasteiger partial charge in [0.1, 0.15) is 11.6 Å². The fraction of sp³-hybridized carbons (Fsp3) is 0.333. The lowest BCUT2D eigenvalue weighted by Gasteiger charge is -2.18. The quantitative estimate of drug-likeness (QED) is 0.849. The minimum atomic E-state index is -0.205. The molecule has 0 atom stereocenters. The first-order chi connectivity index (χ1) is 11.1. The van der Waals surface area contributed by atoms with Gasteiger partial charge in [-0.15, -0.1) is 0 Å². The van der Waals surface area contributed by atoms with Gasteiger partial charge < -0.3 is 15.0 Å². The van der Waals surface area contributed by atoms with E-state index in [9.17, 15) is 4.79 Å². The van der Waals surface area contributed by atoms with Gasteiger partial charge in [0.15, 0.2) is 0 Å². The largest absolute Gasteiger partial charge is 0.497 e. The summed E-state index contributed by atoms with van der Waals surface area (Å²) in [5, 5.41) is 2.79. The number of aromatic nitrogens is 1. The van der Waals surface area contributed by atoms with Crippen molar-refractivity contribution in [2.24, 2.45) is 0 Å². The van der Waals surface area contributed by atoms with Crippen molar-refractivity contribution in [2.75, 3.05) is 30.9 Å². The van der Waals surface area contributed by atoms with Crippen molar-refractivity contribution in [3.05, 3.63) is 48.2 Å². The first-order valence-electron chi connectivity index (χ1n) is 7.76. The molecule has 0 fully saturated rings. The summed E-state index contributed by atoms with van der Waals surface area (Å²) in [7, 11) is 3.62. The SMILES string of the molecule is CCCCN(C)c1ccc(NC(=O)c2cccc(OC)c2)nc1. The Kier molecular flexibility index (Phi) is 5.97. The number of pyridine rings is 1. The zero-order chi connectivity index (χ0) is 16.7. The van der Waals surface area contributed by atoms with E-state index in [0.29, 0.717) is 17.1 Å². The third-order valence-corrected chi connectivity index (χ3v) is 3.61. The maximum absolute atomic E-state index is 12.2. The van der Waals surface area contributed by atoms with E-state index in [0.717, 1.165) is 25.1 Å². The van der Waals surface area contributed by atoms with E-state index in [2.05, 4.69) is 22.1 Å². The molecule has 1 N–H and O–H groups in total. The number of methoxy groups -OCH3 is 1. The van der Waals surface area contributed by atoms with Gasteiger partial charge in [-0.25, -0.2) is 4.98 Å². The fourth-order valence-electron chi connectivity index (χ4n) is 2.16. The van der Waals surface area contributed by atoms with Gasteiger partial charge in [0.05, 0.1) is 19.0 Å². The fourth-order valence-corrected chi connectivity index (χ4v) is 2.16. The Morgan fingerprint density at radius 2 is 2.13 bits per heavy atom. The predicted octanol–water partition coefficient (Wildman–Crippen LogP) is 3.58. The molecule has 5 heteroatoms. The molecule has 1 amide bonds. The van der Waals surface area contributed by atoms with E-state index in [1.54, 1.807) is 37.6 Å². The lowest BCUT2D eigenvalue weighted by atomic mass is 10.2. The first-order valence-corrected chi connectivity index (χ1v) is 7.76. The average molecular weight is 313 g/mol. The first kappa shape index (κ1) is 16.8. The number of nitrogens with one attached hydrogen (secondary N) is 1. The Morgan fingerprint density at radius 1 is 1.30 bits per heavy atom. The van der Waals surface area contributed by atoms with E-state index in [-0.39, 0.29) is 5.91 Å². The molecule has 0 aliphatic heterocycles. The van der Waals surface area contributed by atoms with Gasteiger partial charge in [0, 0.05) is 19.2 Å². The highest BCUT2D eigenvalue weighted by molar-refractivity contribution is 6.04. The van der Waals surface area contributed by atoms with Crippen molar-refractivity contribution >= 4 is 17.4 Å². The summed E-state index contributed by atoms with van der Waals surface area (Å²) in [5.74, 6) is 0.979. The monoisotopic (exact) mass is 313 g/mol. The normalized spacial score (nSPS) is 10.2. The Balaban J connectivity index is 2.01. The summed E-state index contributed by atoms with van der Waals surface area (Å²) in [6.07, 6.45) is 4.08. The van der Waals surface area contributed by atoms with Crippen molar-refractivity contribution in [1.29, 1.82) is 0 Å². The van der Waals surface area contributed by atoms with Gasteiger partial charge in [-0.05, 0) is 36.8 Å². The van der Waals surface area contributed by atoms with Gasteiger partial charge in [0.2, 0.25) is 0 Å². The van der Waals surface area contributed by atoms with E-state index in [1.165, 1.54) is 0 Å². The molecule has 0 aliphatic carbocycles. The van der Waals surface area contributed by atoms with Crippen LogP contribution < -0.4 is 15.0 Å². The Bertz CT molecular complexity index is 641. The number of hydrogen-bond acceptors (Lipinski definition) is 4. The molecule has 1 aromatic heterocycles. The van der Waals surface area contributed by atoms with Crippen LogP contribution in [0.2, 0.25) is 0 Å². The second-order valence-electron chi connectivity index (χ2n) is 5.36. The molecule has 0 radical (unpaired) electrons. The van der Waals surface area contributed by atoms with Gasteiger partial charge >= 0.3 is 0 Å². The maximum Gasteiger partial charge on any atom is 0.256 e. The van der Waals surface area contributed by atoms with E-state index >= 15 is 0 Å². The van der Waals surface area contributed by atoms with Crippen LogP contribution >= 0.6 is 0 Å². The molecule has 122 valence electrons. The highest BCUT2D eigenvalue weighted by Crippen LogP contribution is 2.16. The van der Waals surface area contributed by atoms with E-state index in [1.807, 2.05) is 19.2 Å². The number of hydrogen-bond donors (Lipinski definition) is 1. The molecular formula is C18H23N3O2. The molecule has 23 heavy (non-hydrogen) atoms. The van der Waals surface area contributed by atoms with E-state index < -0.39 is 0 Å². The van der Waals surface area contributed by atoms with Gasteiger partial charge in [-0.2, -0.15) is 0 Å². The summed E-state index contributed by atoms with van der Waals surface area (Å²) in [5.41, 5.74) is 1.58. The van der Waals surface area contributed by atoms with Crippen LogP contribution in [-0.2, 0) is 0 Å². The van der Waals surface area contributed by atoms with Crippen molar-refractivity contribution < 1.29 is 9.53 Å². The zero-order valence-corrected chi connectivity index (χ0v) is 13.9. The Labute approximate surface area is 137 Å². The lowest BCUT2D eigenvalue weighted by molar-refractivity contribution is 0.102. The number of rotatable bonds is 7. The smallest absolute Gasteiger partial charge is 0.256 e. The van der Waals surface area contributed by atoms with Crippen molar-refractivity contribution in [1.82, 2.24) is 4.98 Å². The number of amides is 1. The highest BCUT2D eigenvalue weighted by Gasteiger charge is 2.08. The van der Waals surface area contributed by atoms with Crippen LogP contribution in [0.25, 0.3) is 0 Å². The van der Waals surface area contributed by atoms with Crippen LogP contribution in [0.1, 0.15) is 30.1 Å². The average Bonchev–Trinajstić information content (AvgIpc) is 2.60. The number of ether oxygens (including phenoxy) is 1. The lowest BCUT2D eigenvalue weighted by Crippen LogP contribution is -2.19. The standard InChI is InChI=1S/C18H23N3O2/c1-4-5-11-21(2)15-9-10-17(19-13-15)20-18(22)14-7-6-8-16(12-14)23-3/h6-10,12-13H,4-5,11H2,1-3H3,(H,19,20,22). The van der Waals surface area contributed by atoms with Gasteiger partial charge in [-0.1, -0.05) is 19.4 Å². The number of carbonyl (C=O) groups is 1. The molecule has 0 bridgehead atoms. The number of anilines is 2. The summed E-state index contributed by atoms with van der Waals surface area (Å²) < 4.78 is 5.13. The zero-order valence-electron chi connectivity index (χ0n) is 13.9. The number of unbranched alkanes of at least 4 members (excludes halogenated alkanes) is 1. The van der Waals surface area contributed by atoms with Crippen molar-refractivity contribution in [3.63, 3.8) is 0 Å². The molecule has 0 spiro atoms. The topological polar surface area (TPSA) is 54.5 Å². The summed E-state index contributed by atoms with van der Waals surface area (Å²) in [6, 6.07) is 10.8. The molecule has 1 heterocycles. The van der Waals surface area contributed by atoms with Crippen LogP contribution in [-0.4, -0.2) is 31.6 Å². The van der Waals surface area contributed by atoms with Crippen LogP contribution in [0.4, 0.5) is 11.5 Å². The molecule has 0 aliphatic rings. The summed E-state index contributed by atoms with van der Waals surface area (Å²) in [6.45, 7) is 3.16. The molecule has 0 saturated heterocycles. The number of carbonyl (C=O) groups excluding carboxylic acids is 1. The number of nitrogens with zero attached hydrogens (tertiary/aromatic N) is 2. The molecule has 2 aromatic rings. The molecule has 1 aromatic carbocycles. The molecule has 5 nitrogen and oxygen atoms in total. The third kappa shape index (κ3) is 4.71. The summed E-state index contributed by atoms with van der Waals surface area (Å²) in [4.78, 5) is 18.7. The minimum absolute atomic E-state index is 0.205. The van der Waals surface area contributed by atoms with Crippen molar-refractivity contribution in [3.8, 4) is 5.75 Å². The molecule has 0 saturated carbocycles. The maximum atomic E-state index is 12.2. The van der Waals surface area contributed by atoms with Crippen LogP contribution in [0.3, 0.4) is 0 Å². The molecule has 0 unspecified atom stereocenters. The predicted molar refractivity (Wildman–Crippen MR) is 93.4 cm³/mol. The number of benzene rings is 1. The Morgan fingerprint density at radius 3 is 2.78 bits per heavy atom. The molecular weight excluding hydrogens is 290 g/mol. The van der Waals surface area contributed by atoms with Crippen LogP contribution in [0, 0.1) is 0 Å². The van der Waals surface area contributed by atoms with Crippen LogP contribution in [0.5, 0.6) is 5.75 Å². The third-order valence-electron chi connectivity index (χ3n) is 3.61.